The maximum absolute atomic E-state index is 12.5. The third-order valence-electron chi connectivity index (χ3n) is 5.59. The van der Waals surface area contributed by atoms with Gasteiger partial charge in [-0.25, -0.2) is 17.9 Å². The monoisotopic (exact) mass is 435 g/mol. The molecule has 1 saturated carbocycles. The lowest BCUT2D eigenvalue weighted by Gasteiger charge is -2.18. The molecule has 2 aliphatic rings. The van der Waals surface area contributed by atoms with Crippen LogP contribution in [0, 0.1) is 5.92 Å². The molecule has 1 saturated heterocycles. The van der Waals surface area contributed by atoms with Crippen molar-refractivity contribution < 1.29 is 22.7 Å². The number of nitrogens with one attached hydrogen (secondary N) is 1. The van der Waals surface area contributed by atoms with Gasteiger partial charge in [0.1, 0.15) is 20.1 Å². The third-order valence-corrected chi connectivity index (χ3v) is 7.13. The van der Waals surface area contributed by atoms with Crippen LogP contribution in [-0.2, 0) is 14.8 Å². The summed E-state index contributed by atoms with van der Waals surface area (Å²) in [5.41, 5.74) is 1.90. The summed E-state index contributed by atoms with van der Waals surface area (Å²) in [6.07, 6.45) is 3.36. The Balaban J connectivity index is 1.46. The first-order valence-corrected chi connectivity index (χ1v) is 12.1. The van der Waals surface area contributed by atoms with Gasteiger partial charge in [-0.3, -0.25) is 9.69 Å². The fourth-order valence-corrected chi connectivity index (χ4v) is 4.73. The topological polar surface area (TPSA) is 96.0 Å². The second-order valence-electron chi connectivity index (χ2n) is 8.30. The minimum atomic E-state index is -3.47. The maximum Gasteiger partial charge on any atom is 0.326 e. The zero-order valence-corrected chi connectivity index (χ0v) is 18.7. The van der Waals surface area contributed by atoms with Crippen molar-refractivity contribution in [3.63, 3.8) is 0 Å². The van der Waals surface area contributed by atoms with E-state index in [9.17, 15) is 18.0 Å². The SMILES string of the molecule is Bc1ccc(C(C)NS(=O)(=O)CCCCN2CC(=O)N(C)C2=O)cc1OCC1CC1. The van der Waals surface area contributed by atoms with Crippen LogP contribution in [0.5, 0.6) is 5.75 Å². The number of nitrogens with zero attached hydrogens (tertiary/aromatic N) is 2. The standard InChI is InChI=1S/C20H30BN3O5S/c1-14(16-7-8-17(21)18(11-16)29-13-15-5-6-15)22-30(27,28)10-4-3-9-24-12-19(25)23(2)20(24)26/h7-8,11,14-15,22H,3-6,9-10,12-13,21H2,1-2H3. The van der Waals surface area contributed by atoms with E-state index in [-0.39, 0.29) is 30.3 Å². The van der Waals surface area contributed by atoms with Gasteiger partial charge in [0.15, 0.2) is 0 Å². The van der Waals surface area contributed by atoms with E-state index in [4.69, 9.17) is 4.74 Å². The number of hydrogen-bond donors (Lipinski definition) is 1. The van der Waals surface area contributed by atoms with Crippen LogP contribution in [0.4, 0.5) is 4.79 Å². The van der Waals surface area contributed by atoms with E-state index in [1.807, 2.05) is 33.0 Å². The van der Waals surface area contributed by atoms with E-state index >= 15 is 0 Å². The van der Waals surface area contributed by atoms with Gasteiger partial charge in [0.2, 0.25) is 15.9 Å². The molecule has 1 atom stereocenters. The largest absolute Gasteiger partial charge is 0.494 e. The van der Waals surface area contributed by atoms with Crippen molar-refractivity contribution in [2.75, 3.05) is 32.5 Å². The average molecular weight is 435 g/mol. The summed E-state index contributed by atoms with van der Waals surface area (Å²) in [7, 11) is -0.0344. The molecule has 8 nitrogen and oxygen atoms in total. The Kier molecular flexibility index (Phi) is 7.08. The Labute approximate surface area is 179 Å². The molecule has 1 aromatic rings. The third kappa shape index (κ3) is 5.98. The molecule has 1 unspecified atom stereocenters. The number of likely N-dealkylation sites (N-methyl/N-ethyl adjacent to an activating group) is 1. The van der Waals surface area contributed by atoms with E-state index in [2.05, 4.69) is 4.72 Å². The first kappa shape index (κ1) is 22.6. The highest BCUT2D eigenvalue weighted by atomic mass is 32.2. The van der Waals surface area contributed by atoms with Gasteiger partial charge < -0.3 is 9.64 Å². The van der Waals surface area contributed by atoms with Crippen molar-refractivity contribution in [1.29, 1.82) is 0 Å². The highest BCUT2D eigenvalue weighted by molar-refractivity contribution is 7.89. The maximum atomic E-state index is 12.5. The fraction of sp³-hybridized carbons (Fsp3) is 0.600. The highest BCUT2D eigenvalue weighted by Crippen LogP contribution is 2.29. The Morgan fingerprint density at radius 2 is 2.00 bits per heavy atom. The Hall–Kier alpha value is -2.07. The summed E-state index contributed by atoms with van der Waals surface area (Å²) in [5.74, 6) is 1.19. The van der Waals surface area contributed by atoms with Crippen LogP contribution in [0.3, 0.4) is 0 Å². The lowest BCUT2D eigenvalue weighted by atomic mass is 9.92. The number of ether oxygens (including phenoxy) is 1. The van der Waals surface area contributed by atoms with Crippen LogP contribution in [0.2, 0.25) is 0 Å². The predicted molar refractivity (Wildman–Crippen MR) is 117 cm³/mol. The summed E-state index contributed by atoms with van der Waals surface area (Å²) < 4.78 is 33.6. The van der Waals surface area contributed by atoms with E-state index in [1.54, 1.807) is 0 Å². The summed E-state index contributed by atoms with van der Waals surface area (Å²) in [5, 5.41) is 0. The van der Waals surface area contributed by atoms with Gasteiger partial charge in [0, 0.05) is 19.6 Å². The van der Waals surface area contributed by atoms with Crippen LogP contribution in [0.25, 0.3) is 0 Å². The van der Waals surface area contributed by atoms with Gasteiger partial charge in [-0.05, 0) is 55.6 Å². The number of rotatable bonds is 11. The Morgan fingerprint density at radius 1 is 1.27 bits per heavy atom. The summed E-state index contributed by atoms with van der Waals surface area (Å²) in [6.45, 7) is 2.97. The molecular weight excluding hydrogens is 405 g/mol. The summed E-state index contributed by atoms with van der Waals surface area (Å²) >= 11 is 0. The van der Waals surface area contributed by atoms with E-state index in [0.717, 1.165) is 21.7 Å². The number of benzene rings is 1. The van der Waals surface area contributed by atoms with Crippen molar-refractivity contribution >= 4 is 35.3 Å². The molecule has 0 radical (unpaired) electrons. The first-order chi connectivity index (χ1) is 14.2. The number of sulfonamides is 1. The summed E-state index contributed by atoms with van der Waals surface area (Å²) in [4.78, 5) is 25.9. The second kappa shape index (κ2) is 9.39. The minimum absolute atomic E-state index is 0.0277. The zero-order valence-electron chi connectivity index (χ0n) is 17.9. The number of amides is 3. The lowest BCUT2D eigenvalue weighted by molar-refractivity contribution is -0.124. The van der Waals surface area contributed by atoms with E-state index < -0.39 is 10.0 Å². The molecule has 3 amide bonds. The molecule has 1 aliphatic heterocycles. The molecule has 0 aromatic heterocycles. The number of hydrogen-bond acceptors (Lipinski definition) is 5. The normalized spacial score (nSPS) is 18.2. The van der Waals surface area contributed by atoms with Gasteiger partial charge in [0.25, 0.3) is 0 Å². The number of unbranched alkanes of at least 4 members (excludes halogenated alkanes) is 1. The van der Waals surface area contributed by atoms with Gasteiger partial charge in [-0.1, -0.05) is 12.1 Å². The second-order valence-corrected chi connectivity index (χ2v) is 10.2. The molecule has 30 heavy (non-hydrogen) atoms. The van der Waals surface area contributed by atoms with Crippen LogP contribution in [0.15, 0.2) is 18.2 Å². The molecule has 2 fully saturated rings. The van der Waals surface area contributed by atoms with Crippen molar-refractivity contribution in [3.8, 4) is 5.75 Å². The van der Waals surface area contributed by atoms with Crippen LogP contribution in [0.1, 0.15) is 44.2 Å². The summed E-state index contributed by atoms with van der Waals surface area (Å²) in [6, 6.07) is 5.09. The van der Waals surface area contributed by atoms with Crippen LogP contribution < -0.4 is 14.9 Å². The van der Waals surface area contributed by atoms with Crippen LogP contribution >= 0.6 is 0 Å². The van der Waals surface area contributed by atoms with Crippen molar-refractivity contribution in [2.45, 2.75) is 38.6 Å². The minimum Gasteiger partial charge on any atom is -0.494 e. The zero-order chi connectivity index (χ0) is 21.9. The molecule has 1 aliphatic carbocycles. The Morgan fingerprint density at radius 3 is 2.63 bits per heavy atom. The van der Waals surface area contributed by atoms with Gasteiger partial charge in [-0.2, -0.15) is 0 Å². The number of carbonyl (C=O) groups is 2. The lowest BCUT2D eigenvalue weighted by Crippen LogP contribution is -2.32. The molecule has 0 spiro atoms. The molecule has 1 aromatic carbocycles. The van der Waals surface area contributed by atoms with Crippen LogP contribution in [-0.4, -0.2) is 70.5 Å². The molecule has 3 rings (SSSR count). The predicted octanol–water partition coefficient (Wildman–Crippen LogP) is 0.388. The fourth-order valence-electron chi connectivity index (χ4n) is 3.36. The molecule has 1 N–H and O–H groups in total. The smallest absolute Gasteiger partial charge is 0.326 e. The molecule has 1 heterocycles. The molecule has 0 bridgehead atoms. The van der Waals surface area contributed by atoms with Gasteiger partial charge in [0.05, 0.1) is 12.4 Å². The number of urea groups is 1. The molecular formula is C20H30BN3O5S. The number of carbonyl (C=O) groups excluding carboxylic acids is 2. The quantitative estimate of drug-likeness (QED) is 0.308. The van der Waals surface area contributed by atoms with E-state index in [0.29, 0.717) is 31.9 Å². The average Bonchev–Trinajstić information content (AvgIpc) is 3.48. The Bertz CT molecular complexity index is 904. The molecule has 10 heteroatoms. The van der Waals surface area contributed by atoms with Crippen molar-refractivity contribution in [2.24, 2.45) is 5.92 Å². The van der Waals surface area contributed by atoms with Crippen molar-refractivity contribution in [3.05, 3.63) is 23.8 Å². The van der Waals surface area contributed by atoms with E-state index in [1.165, 1.54) is 24.8 Å². The van der Waals surface area contributed by atoms with Crippen molar-refractivity contribution in [1.82, 2.24) is 14.5 Å². The number of imide groups is 1. The van der Waals surface area contributed by atoms with Gasteiger partial charge >= 0.3 is 6.03 Å². The highest BCUT2D eigenvalue weighted by Gasteiger charge is 2.32. The molecule has 164 valence electrons. The van der Waals surface area contributed by atoms with Gasteiger partial charge in [-0.15, -0.1) is 0 Å². The first-order valence-electron chi connectivity index (χ1n) is 10.4.